The van der Waals surface area contributed by atoms with Gasteiger partial charge in [0.1, 0.15) is 6.61 Å². The van der Waals surface area contributed by atoms with E-state index in [4.69, 9.17) is 9.84 Å². The Morgan fingerprint density at radius 1 is 1.19 bits per heavy atom. The Bertz CT molecular complexity index is 810. The first-order valence-corrected chi connectivity index (χ1v) is 7.09. The van der Waals surface area contributed by atoms with Crippen LogP contribution in [0.4, 0.5) is 4.39 Å². The van der Waals surface area contributed by atoms with Gasteiger partial charge in [-0.05, 0) is 30.3 Å². The number of thiophene rings is 1. The zero-order chi connectivity index (χ0) is 14.8. The SMILES string of the molecule is O=C(O)c1cccc2sc(COc3ccccc3F)cc12. The summed E-state index contributed by atoms with van der Waals surface area (Å²) in [6.45, 7) is 0.208. The molecule has 0 bridgehead atoms. The summed E-state index contributed by atoms with van der Waals surface area (Å²) in [5.41, 5.74) is 0.265. The van der Waals surface area contributed by atoms with Gasteiger partial charge in [-0.25, -0.2) is 9.18 Å². The summed E-state index contributed by atoms with van der Waals surface area (Å²) in [5, 5.41) is 9.84. The van der Waals surface area contributed by atoms with Gasteiger partial charge in [0.25, 0.3) is 0 Å². The highest BCUT2D eigenvalue weighted by molar-refractivity contribution is 7.19. The van der Waals surface area contributed by atoms with Crippen LogP contribution in [0.2, 0.25) is 0 Å². The van der Waals surface area contributed by atoms with E-state index in [1.807, 2.05) is 6.07 Å². The lowest BCUT2D eigenvalue weighted by Crippen LogP contribution is -1.96. The molecule has 3 nitrogen and oxygen atoms in total. The summed E-state index contributed by atoms with van der Waals surface area (Å²) >= 11 is 1.44. The average molecular weight is 302 g/mol. The largest absolute Gasteiger partial charge is 0.485 e. The molecule has 3 aromatic rings. The number of ether oxygens (including phenoxy) is 1. The molecule has 0 saturated carbocycles. The number of carboxylic acids is 1. The van der Waals surface area contributed by atoms with Crippen molar-refractivity contribution in [1.29, 1.82) is 0 Å². The maximum atomic E-state index is 13.5. The van der Waals surface area contributed by atoms with Crippen molar-refractivity contribution in [2.75, 3.05) is 0 Å². The van der Waals surface area contributed by atoms with Crippen LogP contribution in [0.25, 0.3) is 10.1 Å². The van der Waals surface area contributed by atoms with E-state index in [0.29, 0.717) is 5.39 Å². The van der Waals surface area contributed by atoms with E-state index in [1.165, 1.54) is 17.4 Å². The van der Waals surface area contributed by atoms with Crippen molar-refractivity contribution in [2.45, 2.75) is 6.61 Å². The number of halogens is 1. The molecule has 1 aromatic heterocycles. The molecular weight excluding hydrogens is 291 g/mol. The second-order valence-electron chi connectivity index (χ2n) is 4.45. The van der Waals surface area contributed by atoms with Crippen LogP contribution in [-0.2, 0) is 6.61 Å². The summed E-state index contributed by atoms with van der Waals surface area (Å²) < 4.78 is 19.8. The van der Waals surface area contributed by atoms with Gasteiger partial charge in [-0.2, -0.15) is 0 Å². The zero-order valence-corrected chi connectivity index (χ0v) is 11.7. The molecule has 0 fully saturated rings. The predicted molar refractivity (Wildman–Crippen MR) is 79.5 cm³/mol. The second kappa shape index (κ2) is 5.54. The third-order valence-electron chi connectivity index (χ3n) is 3.05. The maximum Gasteiger partial charge on any atom is 0.336 e. The number of hydrogen-bond donors (Lipinski definition) is 1. The summed E-state index contributed by atoms with van der Waals surface area (Å²) in [7, 11) is 0. The normalized spacial score (nSPS) is 10.7. The number of carboxylic acid groups (broad SMARTS) is 1. The quantitative estimate of drug-likeness (QED) is 0.781. The van der Waals surface area contributed by atoms with Crippen LogP contribution in [0.5, 0.6) is 5.75 Å². The van der Waals surface area contributed by atoms with Gasteiger partial charge in [0.2, 0.25) is 0 Å². The maximum absolute atomic E-state index is 13.5. The van der Waals surface area contributed by atoms with Gasteiger partial charge in [-0.15, -0.1) is 11.3 Å². The first-order chi connectivity index (χ1) is 10.1. The molecule has 0 aliphatic heterocycles. The molecule has 1 N–H and O–H groups in total. The Kier molecular flexibility index (Phi) is 3.58. The molecule has 5 heteroatoms. The molecule has 2 aromatic carbocycles. The molecular formula is C16H11FO3S. The van der Waals surface area contributed by atoms with Crippen LogP contribution < -0.4 is 4.74 Å². The van der Waals surface area contributed by atoms with Crippen molar-refractivity contribution >= 4 is 27.4 Å². The Balaban J connectivity index is 1.87. The van der Waals surface area contributed by atoms with E-state index in [2.05, 4.69) is 0 Å². The number of rotatable bonds is 4. The third kappa shape index (κ3) is 2.73. The van der Waals surface area contributed by atoms with Crippen LogP contribution in [0.3, 0.4) is 0 Å². The minimum Gasteiger partial charge on any atom is -0.485 e. The molecule has 106 valence electrons. The molecule has 0 amide bonds. The van der Waals surface area contributed by atoms with Crippen molar-refractivity contribution < 1.29 is 19.0 Å². The lowest BCUT2D eigenvalue weighted by Gasteiger charge is -2.04. The fraction of sp³-hybridized carbons (Fsp3) is 0.0625. The van der Waals surface area contributed by atoms with Gasteiger partial charge in [-0.1, -0.05) is 18.2 Å². The molecule has 0 atom stereocenters. The second-order valence-corrected chi connectivity index (χ2v) is 5.62. The van der Waals surface area contributed by atoms with Crippen molar-refractivity contribution in [3.8, 4) is 5.75 Å². The first-order valence-electron chi connectivity index (χ1n) is 6.27. The summed E-state index contributed by atoms with van der Waals surface area (Å²) in [6, 6.07) is 13.1. The topological polar surface area (TPSA) is 46.5 Å². The summed E-state index contributed by atoms with van der Waals surface area (Å²) in [4.78, 5) is 12.0. The first kappa shape index (κ1) is 13.6. The van der Waals surface area contributed by atoms with Crippen molar-refractivity contribution in [2.24, 2.45) is 0 Å². The Morgan fingerprint density at radius 3 is 2.76 bits per heavy atom. The zero-order valence-electron chi connectivity index (χ0n) is 10.9. The van der Waals surface area contributed by atoms with Crippen LogP contribution in [0.15, 0.2) is 48.5 Å². The lowest BCUT2D eigenvalue weighted by atomic mass is 10.1. The standard InChI is InChI=1S/C16H11FO3S/c17-13-5-1-2-6-14(13)20-9-10-8-12-11(16(18)19)4-3-7-15(12)21-10/h1-8H,9H2,(H,18,19). The van der Waals surface area contributed by atoms with E-state index in [-0.39, 0.29) is 17.9 Å². The molecule has 0 saturated heterocycles. The number of aromatic carboxylic acids is 1. The third-order valence-corrected chi connectivity index (χ3v) is 4.12. The highest BCUT2D eigenvalue weighted by atomic mass is 32.1. The Labute approximate surface area is 124 Å². The number of benzene rings is 2. The van der Waals surface area contributed by atoms with Gasteiger partial charge >= 0.3 is 5.97 Å². The molecule has 0 spiro atoms. The molecule has 0 unspecified atom stereocenters. The van der Waals surface area contributed by atoms with E-state index >= 15 is 0 Å². The van der Waals surface area contributed by atoms with Crippen molar-refractivity contribution in [3.63, 3.8) is 0 Å². The van der Waals surface area contributed by atoms with E-state index in [1.54, 1.807) is 36.4 Å². The van der Waals surface area contributed by atoms with Gasteiger partial charge < -0.3 is 9.84 Å². The van der Waals surface area contributed by atoms with E-state index in [9.17, 15) is 9.18 Å². The van der Waals surface area contributed by atoms with Crippen LogP contribution in [-0.4, -0.2) is 11.1 Å². The summed E-state index contributed by atoms with van der Waals surface area (Å²) in [6.07, 6.45) is 0. The highest BCUT2D eigenvalue weighted by Gasteiger charge is 2.12. The highest BCUT2D eigenvalue weighted by Crippen LogP contribution is 2.29. The molecule has 0 radical (unpaired) electrons. The Hall–Kier alpha value is -2.40. The van der Waals surface area contributed by atoms with E-state index < -0.39 is 11.8 Å². The number of hydrogen-bond acceptors (Lipinski definition) is 3. The molecule has 0 aliphatic carbocycles. The van der Waals surface area contributed by atoms with E-state index in [0.717, 1.165) is 9.58 Å². The minimum atomic E-state index is -0.958. The van der Waals surface area contributed by atoms with Gasteiger partial charge in [0.15, 0.2) is 11.6 Å². The average Bonchev–Trinajstić information content (AvgIpc) is 2.88. The van der Waals surface area contributed by atoms with Crippen LogP contribution in [0.1, 0.15) is 15.2 Å². The molecule has 3 rings (SSSR count). The number of para-hydroxylation sites is 1. The minimum absolute atomic E-state index is 0.188. The lowest BCUT2D eigenvalue weighted by molar-refractivity contribution is 0.0699. The summed E-state index contributed by atoms with van der Waals surface area (Å²) in [5.74, 6) is -1.18. The van der Waals surface area contributed by atoms with Crippen LogP contribution in [0, 0.1) is 5.82 Å². The molecule has 0 aliphatic rings. The molecule has 1 heterocycles. The number of carbonyl (C=O) groups is 1. The van der Waals surface area contributed by atoms with Gasteiger partial charge in [0.05, 0.1) is 5.56 Å². The van der Waals surface area contributed by atoms with Crippen molar-refractivity contribution in [3.05, 3.63) is 64.8 Å². The van der Waals surface area contributed by atoms with Gasteiger partial charge in [-0.3, -0.25) is 0 Å². The predicted octanol–water partition coefficient (Wildman–Crippen LogP) is 4.32. The monoisotopic (exact) mass is 302 g/mol. The van der Waals surface area contributed by atoms with Crippen LogP contribution >= 0.6 is 11.3 Å². The smallest absolute Gasteiger partial charge is 0.336 e. The van der Waals surface area contributed by atoms with Gasteiger partial charge in [0, 0.05) is 15.0 Å². The van der Waals surface area contributed by atoms with Crippen molar-refractivity contribution in [1.82, 2.24) is 0 Å². The molecule has 21 heavy (non-hydrogen) atoms. The Morgan fingerprint density at radius 2 is 2.00 bits per heavy atom. The fourth-order valence-electron chi connectivity index (χ4n) is 2.08. The fourth-order valence-corrected chi connectivity index (χ4v) is 3.08. The number of fused-ring (bicyclic) bond motifs is 1.